The highest BCUT2D eigenvalue weighted by Gasteiger charge is 2.41. The molecule has 8 nitrogen and oxygen atoms in total. The third kappa shape index (κ3) is 3.77. The molecule has 1 aromatic rings. The minimum absolute atomic E-state index is 0.138. The van der Waals surface area contributed by atoms with E-state index in [-0.39, 0.29) is 23.8 Å². The Morgan fingerprint density at radius 1 is 1.59 bits per heavy atom. The van der Waals surface area contributed by atoms with Gasteiger partial charge >= 0.3 is 0 Å². The van der Waals surface area contributed by atoms with Crippen LogP contribution in [-0.4, -0.2) is 63.7 Å². The Morgan fingerprint density at radius 2 is 2.37 bits per heavy atom. The Kier molecular flexibility index (Phi) is 5.12. The summed E-state index contributed by atoms with van der Waals surface area (Å²) in [6.45, 7) is 3.57. The lowest BCUT2D eigenvalue weighted by molar-refractivity contribution is -0.0472. The Labute approximate surface area is 155 Å². The molecule has 2 N–H and O–H groups in total. The number of aliphatic imine (C=N–C) groups is 1. The first-order valence-electron chi connectivity index (χ1n) is 8.66. The molecule has 144 valence electrons. The van der Waals surface area contributed by atoms with Gasteiger partial charge in [-0.25, -0.2) is 13.8 Å². The molecule has 3 rings (SSSR count). The summed E-state index contributed by atoms with van der Waals surface area (Å²) < 4.78 is 28.7. The normalized spacial score (nSPS) is 24.4. The van der Waals surface area contributed by atoms with Crippen molar-refractivity contribution >= 4 is 23.8 Å². The number of alkyl halides is 2. The Balaban J connectivity index is 1.80. The van der Waals surface area contributed by atoms with E-state index in [1.54, 1.807) is 6.92 Å². The molecule has 0 saturated carbocycles. The molecule has 0 aromatic carbocycles. The molecule has 27 heavy (non-hydrogen) atoms. The van der Waals surface area contributed by atoms with Gasteiger partial charge in [-0.05, 0) is 20.3 Å². The van der Waals surface area contributed by atoms with Crippen molar-refractivity contribution in [3.8, 4) is 12.5 Å². The lowest BCUT2D eigenvalue weighted by atomic mass is 10.0. The van der Waals surface area contributed by atoms with Gasteiger partial charge in [0.2, 0.25) is 0 Å². The van der Waals surface area contributed by atoms with Gasteiger partial charge in [0.15, 0.2) is 5.82 Å². The average Bonchev–Trinajstić information content (AvgIpc) is 3.18. The molecule has 0 radical (unpaired) electrons. The van der Waals surface area contributed by atoms with Crippen LogP contribution in [0.4, 0.5) is 14.6 Å². The van der Waals surface area contributed by atoms with Crippen LogP contribution >= 0.6 is 0 Å². The van der Waals surface area contributed by atoms with Crippen LogP contribution in [0.1, 0.15) is 37.0 Å². The molecule has 3 heterocycles. The highest BCUT2D eigenvalue weighted by atomic mass is 19.3. The van der Waals surface area contributed by atoms with E-state index in [9.17, 15) is 13.6 Å². The van der Waals surface area contributed by atoms with Crippen molar-refractivity contribution in [1.82, 2.24) is 25.4 Å². The fourth-order valence-electron chi connectivity index (χ4n) is 3.22. The molecule has 1 saturated heterocycles. The van der Waals surface area contributed by atoms with Crippen LogP contribution < -0.4 is 10.7 Å². The second-order valence-electron chi connectivity index (χ2n) is 6.53. The van der Waals surface area contributed by atoms with Crippen LogP contribution in [0.15, 0.2) is 16.3 Å². The molecule has 1 fully saturated rings. The maximum atomic E-state index is 13.8. The number of rotatable bonds is 3. The summed E-state index contributed by atoms with van der Waals surface area (Å²) in [6, 6.07) is 1.51. The molecule has 0 bridgehead atoms. The van der Waals surface area contributed by atoms with E-state index in [1.165, 1.54) is 17.3 Å². The van der Waals surface area contributed by atoms with Crippen molar-refractivity contribution in [2.24, 2.45) is 10.1 Å². The largest absolute Gasteiger partial charge is 0.351 e. The Morgan fingerprint density at radius 3 is 3.04 bits per heavy atom. The van der Waals surface area contributed by atoms with Crippen LogP contribution in [0.25, 0.3) is 0 Å². The molecule has 10 heteroatoms. The maximum Gasteiger partial charge on any atom is 0.265 e. The lowest BCUT2D eigenvalue weighted by Gasteiger charge is -2.35. The summed E-state index contributed by atoms with van der Waals surface area (Å²) in [6.07, 6.45) is 8.42. The van der Waals surface area contributed by atoms with E-state index in [2.05, 4.69) is 32.0 Å². The number of likely N-dealkylation sites (tertiary alicyclic amines) is 1. The standard InChI is InChI=1S/C17H21F2N7O/c1-4-20-14-12(9-21-26(14)5-2)16(27)22-13-11(3)23-24-15(13)25-8-6-7-17(18,19)10-25/h2,4,9,11,13,23H,6-8,10H2,1,3H3,(H,22,27). The quantitative estimate of drug-likeness (QED) is 0.612. The van der Waals surface area contributed by atoms with Gasteiger partial charge in [-0.15, -0.1) is 0 Å². The fourth-order valence-corrected chi connectivity index (χ4v) is 3.22. The molecule has 2 atom stereocenters. The zero-order chi connectivity index (χ0) is 19.6. The molecule has 2 aliphatic rings. The van der Waals surface area contributed by atoms with Gasteiger partial charge < -0.3 is 15.6 Å². The van der Waals surface area contributed by atoms with Crippen LogP contribution in [0, 0.1) is 12.5 Å². The number of carbonyl (C=O) groups is 1. The third-order valence-electron chi connectivity index (χ3n) is 4.53. The van der Waals surface area contributed by atoms with Crippen molar-refractivity contribution in [2.75, 3.05) is 13.1 Å². The number of amidine groups is 1. The lowest BCUT2D eigenvalue weighted by Crippen LogP contribution is -2.55. The van der Waals surface area contributed by atoms with Gasteiger partial charge in [-0.1, -0.05) is 6.42 Å². The molecular formula is C17H21F2N7O. The van der Waals surface area contributed by atoms with Gasteiger partial charge in [0.05, 0.1) is 18.8 Å². The minimum atomic E-state index is -2.77. The van der Waals surface area contributed by atoms with E-state index in [0.717, 1.165) is 4.68 Å². The van der Waals surface area contributed by atoms with E-state index in [4.69, 9.17) is 6.42 Å². The number of piperidine rings is 1. The van der Waals surface area contributed by atoms with Gasteiger partial charge in [0.25, 0.3) is 11.8 Å². The highest BCUT2D eigenvalue weighted by molar-refractivity contribution is 6.02. The Bertz CT molecular complexity index is 824. The molecule has 1 amide bonds. The summed E-state index contributed by atoms with van der Waals surface area (Å²) in [5.74, 6) is -2.58. The number of amides is 1. The van der Waals surface area contributed by atoms with Gasteiger partial charge in [0, 0.05) is 25.2 Å². The van der Waals surface area contributed by atoms with Gasteiger partial charge in [0.1, 0.15) is 17.4 Å². The summed E-state index contributed by atoms with van der Waals surface area (Å²) in [5.41, 5.74) is 3.06. The maximum absolute atomic E-state index is 13.8. The first-order chi connectivity index (χ1) is 12.9. The van der Waals surface area contributed by atoms with E-state index < -0.39 is 24.4 Å². The number of hydrazone groups is 1. The number of terminal acetylenes is 1. The average molecular weight is 377 g/mol. The second-order valence-corrected chi connectivity index (χ2v) is 6.53. The molecule has 0 spiro atoms. The first-order valence-corrected chi connectivity index (χ1v) is 8.66. The van der Waals surface area contributed by atoms with Crippen LogP contribution in [0.5, 0.6) is 0 Å². The monoisotopic (exact) mass is 377 g/mol. The summed E-state index contributed by atoms with van der Waals surface area (Å²) in [4.78, 5) is 18.4. The number of carbonyl (C=O) groups excluding carboxylic acids is 1. The number of aromatic nitrogens is 2. The number of hydrogen-bond acceptors (Lipinski definition) is 6. The predicted octanol–water partition coefficient (Wildman–Crippen LogP) is 1.18. The number of halogens is 2. The highest BCUT2D eigenvalue weighted by Crippen LogP contribution is 2.28. The molecule has 2 aliphatic heterocycles. The van der Waals surface area contributed by atoms with Crippen molar-refractivity contribution in [1.29, 1.82) is 0 Å². The summed E-state index contributed by atoms with van der Waals surface area (Å²) >= 11 is 0. The van der Waals surface area contributed by atoms with Gasteiger partial charge in [-0.2, -0.15) is 14.9 Å². The SMILES string of the molecule is C#Cn1ncc(C(=O)NC2C(N3CCCC(F)(F)C3)=NNC2C)c1N=CC. The van der Waals surface area contributed by atoms with Gasteiger partial charge in [-0.3, -0.25) is 4.79 Å². The smallest absolute Gasteiger partial charge is 0.265 e. The third-order valence-corrected chi connectivity index (χ3v) is 4.53. The van der Waals surface area contributed by atoms with Crippen LogP contribution in [0.2, 0.25) is 0 Å². The van der Waals surface area contributed by atoms with Crippen molar-refractivity contribution < 1.29 is 13.6 Å². The summed E-state index contributed by atoms with van der Waals surface area (Å²) in [5, 5.41) is 11.0. The number of nitrogens with one attached hydrogen (secondary N) is 2. The van der Waals surface area contributed by atoms with Crippen molar-refractivity contribution in [2.45, 2.75) is 44.7 Å². The number of nitrogens with zero attached hydrogens (tertiary/aromatic N) is 5. The van der Waals surface area contributed by atoms with Crippen molar-refractivity contribution in [3.63, 3.8) is 0 Å². The number of hydrogen-bond donors (Lipinski definition) is 2. The molecular weight excluding hydrogens is 356 g/mol. The molecule has 0 aliphatic carbocycles. The fraction of sp³-hybridized carbons (Fsp3) is 0.529. The zero-order valence-electron chi connectivity index (χ0n) is 15.1. The van der Waals surface area contributed by atoms with E-state index in [1.807, 2.05) is 6.92 Å². The predicted molar refractivity (Wildman–Crippen MR) is 97.3 cm³/mol. The molecule has 2 unspecified atom stereocenters. The van der Waals surface area contributed by atoms with Crippen LogP contribution in [0.3, 0.4) is 0 Å². The second kappa shape index (κ2) is 7.34. The Hall–Kier alpha value is -2.96. The van der Waals surface area contributed by atoms with Crippen LogP contribution in [-0.2, 0) is 0 Å². The summed E-state index contributed by atoms with van der Waals surface area (Å²) in [7, 11) is 0. The van der Waals surface area contributed by atoms with E-state index >= 15 is 0 Å². The zero-order valence-corrected chi connectivity index (χ0v) is 15.1. The van der Waals surface area contributed by atoms with E-state index in [0.29, 0.717) is 18.8 Å². The topological polar surface area (TPSA) is 86.9 Å². The van der Waals surface area contributed by atoms with Crippen molar-refractivity contribution in [3.05, 3.63) is 11.8 Å². The molecule has 1 aromatic heterocycles. The first kappa shape index (κ1) is 18.8. The minimum Gasteiger partial charge on any atom is -0.351 e.